The van der Waals surface area contributed by atoms with Gasteiger partial charge in [-0.25, -0.2) is 44.9 Å². The molecule has 12 aromatic heterocycles. The third kappa shape index (κ3) is 18.9. The molecular formula is C61H65B6N27O31P6S5. The zero-order valence-corrected chi connectivity index (χ0v) is 78.0. The number of aliphatic hydroxyl groups is 6. The fourth-order valence-corrected chi connectivity index (χ4v) is 24.8. The van der Waals surface area contributed by atoms with E-state index in [0.717, 1.165) is 6.33 Å². The second kappa shape index (κ2) is 37.1. The zero-order chi connectivity index (χ0) is 96.4. The molecule has 21 rings (SSSR count). The van der Waals surface area contributed by atoms with Crippen molar-refractivity contribution in [3.63, 3.8) is 0 Å². The number of aromatic nitrogens is 24. The summed E-state index contributed by atoms with van der Waals surface area (Å²) >= 11 is 27.3. The van der Waals surface area contributed by atoms with E-state index in [2.05, 4.69) is 89.7 Å². The molecule has 708 valence electrons. The summed E-state index contributed by atoms with van der Waals surface area (Å²) in [6.45, 7) is -0.920. The maximum absolute atomic E-state index is 13.3. The van der Waals surface area contributed by atoms with Crippen LogP contribution in [0.2, 0.25) is 0 Å². The number of fused-ring (bicyclic) bond motifs is 12. The van der Waals surface area contributed by atoms with Crippen molar-refractivity contribution in [3.05, 3.63) is 119 Å². The summed E-state index contributed by atoms with van der Waals surface area (Å²) < 4.78 is 127. The molecule has 9 aliphatic rings. The Kier molecular flexibility index (Phi) is 26.5. The normalized spacial score (nSPS) is 37.5. The van der Waals surface area contributed by atoms with E-state index in [1.807, 2.05) is 0 Å². The van der Waals surface area contributed by atoms with E-state index in [1.54, 1.807) is 6.92 Å². The van der Waals surface area contributed by atoms with Gasteiger partial charge in [0.05, 0.1) is 90.3 Å². The summed E-state index contributed by atoms with van der Waals surface area (Å²) in [4.78, 5) is 137. The highest BCUT2D eigenvalue weighted by molar-refractivity contribution is 8.22. The fraction of sp³-hybridized carbons (Fsp3) is 0.508. The molecule has 12 aromatic rings. The van der Waals surface area contributed by atoms with Gasteiger partial charge in [-0.05, 0) is 66.0 Å². The van der Waals surface area contributed by atoms with Gasteiger partial charge in [0.1, 0.15) is 148 Å². The number of aromatic amines is 6. The van der Waals surface area contributed by atoms with Crippen LogP contribution in [0, 0.1) is 6.92 Å². The smallest absolute Gasteiger partial charge is 0.280 e. The lowest BCUT2D eigenvalue weighted by Crippen LogP contribution is -2.39. The molecule has 0 amide bonds. The Labute approximate surface area is 788 Å². The third-order valence-electron chi connectivity index (χ3n) is 22.3. The van der Waals surface area contributed by atoms with E-state index in [4.69, 9.17) is 204 Å². The Morgan fingerprint density at radius 3 is 0.794 bits per heavy atom. The standard InChI is InChI=1S/C21H22B2N8O10P2S2.C20H22B2N10O10P2S2.C20H21B2N9O11P2S/c1-7-28-17-11(19(35)29-7)27-6-31(17)21-13(33)15-9(39-21)3-37-42(22,44)40-14-8(2-36-43(23,45)41-15)38-20(12(14)32)30-5-26-10-16(30)24-4-25-18(10)34;21-43(45)37-1-5-11(9(33)17(39-5)31-3-25-7-13(31)27-19(23)29-15(7)35)41-44(22,46)38-2-6-12(42-43)10(34)18(40-6)32-4-26-8-14(32)28-20(24)30-16(8)36;21-43(36)37-1-6-13(11(33)18(39-6)30-4-26-8-14(30)24-3-25-16(8)34)42-44(22,45)38-2-7-12(41-43)10(32)19(40-7)31-5-27-9-15(31)28-20(23)29-17(9)35/h4-6,8-9,12-15,20-21,32-33H,2-3H2,1H3,(H,24,25,34)(H,28,29,35);3-6,9-12,17-18,33-34H,1-2H2,(H3,23,27,29,35)(H3,24,28,30,36);3-7,10-13,18-19,32-33H,1-2H2,(H,24,25,34)(H3,23,28,29,35)/t8-,9-,12+,13+,14?,15?,20-,21-,42?,43?;5-,6-,9+,10+,11?,12?,17-,18-,43?,44?;6-,7-,10+,11+,12?,13?,18-,19-,43?,44?/m111/s1. The zero-order valence-electron chi connectivity index (χ0n) is 68.6. The van der Waals surface area contributed by atoms with E-state index in [0.29, 0.717) is 5.82 Å². The predicted molar refractivity (Wildman–Crippen MR) is 485 cm³/mol. The third-order valence-corrected chi connectivity index (χ3v) is 31.4. The van der Waals surface area contributed by atoms with Gasteiger partial charge in [-0.2, -0.15) is 15.0 Å². The van der Waals surface area contributed by atoms with Crippen molar-refractivity contribution in [3.8, 4) is 0 Å². The summed E-state index contributed by atoms with van der Waals surface area (Å²) in [6, 6.07) is 0. The number of H-pyrrole nitrogens is 6. The second-order valence-corrected chi connectivity index (χ2v) is 48.1. The van der Waals surface area contributed by atoms with Crippen molar-refractivity contribution in [1.82, 2.24) is 117 Å². The van der Waals surface area contributed by atoms with Crippen molar-refractivity contribution < 1.29 is 118 Å². The van der Waals surface area contributed by atoms with Crippen LogP contribution in [0.4, 0.5) is 17.8 Å². The number of nitrogens with two attached hydrogens (primary N) is 3. The molecule has 21 heterocycles. The average molecular weight is 2080 g/mol. The quantitative estimate of drug-likeness (QED) is 0.0544. The molecule has 12 unspecified atom stereocenters. The number of rotatable bonds is 6. The van der Waals surface area contributed by atoms with Gasteiger partial charge in [0.2, 0.25) is 25.4 Å². The molecule has 9 saturated heterocycles. The van der Waals surface area contributed by atoms with Crippen LogP contribution < -0.4 is 50.6 Å². The Bertz CT molecular complexity index is 7010. The molecule has 9 aliphatic heterocycles. The number of hydrogen-bond acceptors (Lipinski definition) is 51. The predicted octanol–water partition coefficient (Wildman–Crippen LogP) is -5.94. The highest BCUT2D eigenvalue weighted by Gasteiger charge is 2.57. The number of nitrogens with zero attached hydrogens (tertiary/aromatic N) is 18. The van der Waals surface area contributed by atoms with Gasteiger partial charge < -0.3 is 145 Å². The summed E-state index contributed by atoms with van der Waals surface area (Å²) in [5, 5.41) is 67.9. The van der Waals surface area contributed by atoms with E-state index in [1.165, 1.54) is 71.7 Å². The Morgan fingerprint density at radius 2 is 0.537 bits per heavy atom. The monoisotopic (exact) mass is 2080 g/mol. The van der Waals surface area contributed by atoms with Crippen LogP contribution >= 0.6 is 39.3 Å². The average Bonchev–Trinajstić information content (AvgIpc) is 1.62. The summed E-state index contributed by atoms with van der Waals surface area (Å²) in [5.74, 6) is -0.255. The SMILES string of the molecule is [B]P1(=O)OC[C@H]2O[C@@H](n3cnc4c(=O)[nH]cnc43)[C@@H](O)C2OP([B])(=S)OC[C@H]2O[C@@H](n3cnc4c(=O)[nH]c(N)nc43)[C@@H](O)C2O1.[B]P1(=S)OC[C@H]2O[C@@H](n3cnc4c(=O)[nH]c(C)nc43)[C@@H](O)C2OP([B])(=S)OC[C@H]2O[C@@H](n3cnc4c(=O)[nH]cnc43)[C@@H](O)C2O1.[B]P1(=S)OC[C@H]2O[C@@H](n3cnc4c(=O)[nH]c(N)nc43)[C@@H](O)C2OP([B])(=S)OC[C@H]2O[C@@H](n3cnc4c(=O)[nH]c(N)nc43)[C@@H](O)C2O1. The van der Waals surface area contributed by atoms with Crippen LogP contribution in [0.5, 0.6) is 0 Å². The van der Waals surface area contributed by atoms with Crippen LogP contribution in [0.15, 0.2) is 79.4 Å². The first-order valence-corrected chi connectivity index (χ1v) is 54.7. The van der Waals surface area contributed by atoms with Gasteiger partial charge in [0.15, 0.2) is 142 Å². The largest absolute Gasteiger partial charge is 0.386 e. The minimum atomic E-state index is -4.49. The van der Waals surface area contributed by atoms with Crippen LogP contribution in [0.1, 0.15) is 43.2 Å². The maximum atomic E-state index is 13.3. The van der Waals surface area contributed by atoms with Crippen LogP contribution in [-0.4, -0.2) is 343 Å². The van der Waals surface area contributed by atoms with Crippen molar-refractivity contribution in [2.24, 2.45) is 0 Å². The second-order valence-electron chi connectivity index (χ2n) is 31.2. The lowest BCUT2D eigenvalue weighted by Gasteiger charge is -2.33. The highest BCUT2D eigenvalue weighted by Crippen LogP contribution is 2.58. The van der Waals surface area contributed by atoms with Crippen LogP contribution in [0.3, 0.4) is 0 Å². The fourth-order valence-electron chi connectivity index (χ4n) is 16.3. The number of anilines is 3. The van der Waals surface area contributed by atoms with Crippen molar-refractivity contribution in [2.45, 2.75) is 154 Å². The van der Waals surface area contributed by atoms with Crippen LogP contribution in [0.25, 0.3) is 67.0 Å². The number of hydrogen-bond donors (Lipinski definition) is 15. The maximum Gasteiger partial charge on any atom is 0.280 e. The van der Waals surface area contributed by atoms with Crippen molar-refractivity contribution in [2.75, 3.05) is 56.8 Å². The van der Waals surface area contributed by atoms with E-state index >= 15 is 0 Å². The van der Waals surface area contributed by atoms with Gasteiger partial charge in [-0.1, -0.05) is 0 Å². The van der Waals surface area contributed by atoms with E-state index in [9.17, 15) is 64.0 Å². The van der Waals surface area contributed by atoms with Crippen molar-refractivity contribution in [1.29, 1.82) is 0 Å². The molecule has 75 heteroatoms. The number of aryl methyl sites for hydroxylation is 1. The molecule has 136 heavy (non-hydrogen) atoms. The van der Waals surface area contributed by atoms with Crippen molar-refractivity contribution >= 4 is 229 Å². The highest BCUT2D eigenvalue weighted by atomic mass is 32.5. The Hall–Kier alpha value is -7.59. The molecule has 0 saturated carbocycles. The molecule has 0 aliphatic carbocycles. The number of nitrogens with one attached hydrogen (secondary N) is 6. The number of ether oxygens (including phenoxy) is 6. The van der Waals surface area contributed by atoms with E-state index in [-0.39, 0.29) is 111 Å². The first kappa shape index (κ1) is 97.2. The molecule has 30 atom stereocenters. The van der Waals surface area contributed by atoms with Gasteiger partial charge in [-0.3, -0.25) is 75.7 Å². The lowest BCUT2D eigenvalue weighted by atomic mass is 10.1. The topological polar surface area (TPSA) is 764 Å². The summed E-state index contributed by atoms with van der Waals surface area (Å²) in [6.07, 6.45) is -39.1. The molecule has 58 nitrogen and oxygen atoms in total. The van der Waals surface area contributed by atoms with Gasteiger partial charge in [-0.15, -0.1) is 0 Å². The summed E-state index contributed by atoms with van der Waals surface area (Å²) in [7, 11) is 32.8. The molecule has 18 N–H and O–H groups in total. The van der Waals surface area contributed by atoms with Crippen LogP contribution in [-0.2, 0) is 146 Å². The minimum absolute atomic E-state index is 0.0124. The molecule has 0 spiro atoms. The van der Waals surface area contributed by atoms with E-state index < -0.39 is 233 Å². The minimum Gasteiger partial charge on any atom is -0.386 e. The molecule has 9 fully saturated rings. The number of aliphatic hydroxyl groups excluding tert-OH is 6. The van der Waals surface area contributed by atoms with Gasteiger partial charge in [0.25, 0.3) is 40.8 Å². The lowest BCUT2D eigenvalue weighted by molar-refractivity contribution is -0.0547. The Balaban J connectivity index is 0.000000131. The first-order chi connectivity index (χ1) is 64.3. The summed E-state index contributed by atoms with van der Waals surface area (Å²) in [5.41, 5.74) is 14.1. The number of nitrogen functional groups attached to an aromatic ring is 3. The first-order valence-electron chi connectivity index (χ1n) is 39.6. The Morgan fingerprint density at radius 1 is 0.324 bits per heavy atom. The molecule has 0 aromatic carbocycles. The van der Waals surface area contributed by atoms with Gasteiger partial charge >= 0.3 is 0 Å². The van der Waals surface area contributed by atoms with Gasteiger partial charge in [0, 0.05) is 0 Å². The molecule has 12 radical (unpaired) electrons. The molecular weight excluding hydrogens is 2020 g/mol. The number of imidazole rings is 6. The molecule has 0 bridgehead atoms.